The number of carbonyl (C=O) groups excluding carboxylic acids is 2. The Bertz CT molecular complexity index is 1230. The number of rotatable bonds is 7. The molecular weight excluding hydrogens is 508 g/mol. The van der Waals surface area contributed by atoms with Crippen LogP contribution in [0.2, 0.25) is 0 Å². The number of ether oxygens (including phenoxy) is 1. The number of nitrogens with one attached hydrogen (secondary N) is 1. The second-order valence-corrected chi connectivity index (χ2v) is 12.8. The molecule has 1 aromatic rings. The van der Waals surface area contributed by atoms with E-state index >= 15 is 0 Å². The van der Waals surface area contributed by atoms with E-state index in [1.165, 1.54) is 24.8 Å². The first-order chi connectivity index (χ1) is 19.0. The number of nitrogens with zero attached hydrogens (tertiary/aromatic N) is 1. The molecule has 8 nitrogen and oxygen atoms in total. The van der Waals surface area contributed by atoms with E-state index < -0.39 is 23.5 Å². The summed E-state index contributed by atoms with van der Waals surface area (Å²) >= 11 is 0. The molecule has 0 aromatic heterocycles. The first-order valence-corrected chi connectivity index (χ1v) is 14.4. The standard InChI is InChI=1S/C32H42N2O6/c1-30-14-11-22(18-21(30)7-10-24-25(30)12-15-31(2)26(24)13-16-32(31,3)38)34-40-19-28(36)33-27(29(37)39-4)17-20-5-8-23(35)9-6-20/h5-6,8-9,11,14,18,24-27,35,38H,7,10,12-13,15-17,19H2,1-4H3,(H,33,36)/b34-22+/t24-,25+,26+,27+,30+,31+,32+/m1/s1. The Morgan fingerprint density at radius 1 is 1.10 bits per heavy atom. The van der Waals surface area contributed by atoms with Crippen LogP contribution in [0.25, 0.3) is 0 Å². The Morgan fingerprint density at radius 2 is 1.82 bits per heavy atom. The zero-order valence-electron chi connectivity index (χ0n) is 24.0. The minimum absolute atomic E-state index is 0.00207. The average Bonchev–Trinajstić information content (AvgIpc) is 3.17. The van der Waals surface area contributed by atoms with Crippen LogP contribution < -0.4 is 5.32 Å². The lowest BCUT2D eigenvalue weighted by atomic mass is 9.47. The molecule has 216 valence electrons. The molecule has 7 atom stereocenters. The highest BCUT2D eigenvalue weighted by Crippen LogP contribution is 2.66. The summed E-state index contributed by atoms with van der Waals surface area (Å²) in [5, 5.41) is 27.5. The number of aliphatic hydroxyl groups is 1. The van der Waals surface area contributed by atoms with Gasteiger partial charge in [-0.15, -0.1) is 0 Å². The largest absolute Gasteiger partial charge is 0.508 e. The minimum atomic E-state index is -0.883. The molecule has 3 saturated carbocycles. The van der Waals surface area contributed by atoms with Crippen molar-refractivity contribution in [2.75, 3.05) is 13.7 Å². The number of aromatic hydroxyl groups is 1. The molecule has 0 bridgehead atoms. The fourth-order valence-corrected chi connectivity index (χ4v) is 8.11. The van der Waals surface area contributed by atoms with Gasteiger partial charge in [0.2, 0.25) is 0 Å². The average molecular weight is 551 g/mol. The molecule has 5 rings (SSSR count). The second-order valence-electron chi connectivity index (χ2n) is 12.8. The van der Waals surface area contributed by atoms with Crippen molar-refractivity contribution in [3.63, 3.8) is 0 Å². The van der Waals surface area contributed by atoms with Crippen molar-refractivity contribution in [1.29, 1.82) is 0 Å². The Balaban J connectivity index is 1.19. The monoisotopic (exact) mass is 550 g/mol. The number of hydrogen-bond acceptors (Lipinski definition) is 7. The Morgan fingerprint density at radius 3 is 2.55 bits per heavy atom. The lowest BCUT2D eigenvalue weighted by molar-refractivity contribution is -0.145. The van der Waals surface area contributed by atoms with E-state index in [2.05, 4.69) is 36.5 Å². The van der Waals surface area contributed by atoms with Gasteiger partial charge in [0.15, 0.2) is 6.61 Å². The Labute approximate surface area is 236 Å². The molecule has 0 aliphatic heterocycles. The SMILES string of the molecule is COC(=O)[C@H](Cc1ccc(O)cc1)NC(=O)CO/N=C1\C=C[C@@]2(C)C(=C1)CC[C@@H]1[C@@H]2CC[C@@]2(C)[C@H]1CC[C@]2(C)O. The summed E-state index contributed by atoms with van der Waals surface area (Å²) in [6.45, 7) is 6.36. The number of methoxy groups -OCH3 is 1. The van der Waals surface area contributed by atoms with Crippen molar-refractivity contribution in [2.45, 2.75) is 77.4 Å². The van der Waals surface area contributed by atoms with Crippen molar-refractivity contribution in [3.05, 3.63) is 53.6 Å². The molecule has 0 saturated heterocycles. The predicted octanol–water partition coefficient (Wildman–Crippen LogP) is 4.45. The van der Waals surface area contributed by atoms with Crippen LogP contribution in [0.3, 0.4) is 0 Å². The van der Waals surface area contributed by atoms with Gasteiger partial charge in [0.1, 0.15) is 17.5 Å². The quantitative estimate of drug-likeness (QED) is 0.341. The van der Waals surface area contributed by atoms with Crippen LogP contribution in [-0.4, -0.2) is 53.2 Å². The van der Waals surface area contributed by atoms with Gasteiger partial charge in [-0.25, -0.2) is 4.79 Å². The van der Waals surface area contributed by atoms with Gasteiger partial charge >= 0.3 is 5.97 Å². The number of fused-ring (bicyclic) bond motifs is 5. The molecule has 40 heavy (non-hydrogen) atoms. The molecule has 0 radical (unpaired) electrons. The van der Waals surface area contributed by atoms with Crippen molar-refractivity contribution < 1.29 is 29.4 Å². The summed E-state index contributed by atoms with van der Waals surface area (Å²) in [6, 6.07) is 5.55. The van der Waals surface area contributed by atoms with Gasteiger partial charge in [-0.05, 0) is 98.5 Å². The van der Waals surface area contributed by atoms with Crippen molar-refractivity contribution in [3.8, 4) is 5.75 Å². The van der Waals surface area contributed by atoms with Gasteiger partial charge in [0.05, 0.1) is 12.7 Å². The molecule has 3 fully saturated rings. The first kappa shape index (κ1) is 28.4. The zero-order valence-corrected chi connectivity index (χ0v) is 24.0. The highest BCUT2D eigenvalue weighted by molar-refractivity contribution is 6.05. The third kappa shape index (κ3) is 5.06. The molecule has 4 aliphatic carbocycles. The molecule has 0 unspecified atom stereocenters. The molecule has 1 amide bonds. The molecule has 3 N–H and O–H groups in total. The number of amides is 1. The molecule has 0 heterocycles. The number of carbonyl (C=O) groups is 2. The fourth-order valence-electron chi connectivity index (χ4n) is 8.11. The maximum Gasteiger partial charge on any atom is 0.328 e. The Kier molecular flexibility index (Phi) is 7.59. The van der Waals surface area contributed by atoms with Gasteiger partial charge in [-0.2, -0.15) is 0 Å². The Hall–Kier alpha value is -3.13. The fraction of sp³-hybridized carbons (Fsp3) is 0.594. The van der Waals surface area contributed by atoms with Crippen LogP contribution in [0, 0.1) is 28.6 Å². The molecule has 4 aliphatic rings. The van der Waals surface area contributed by atoms with Crippen molar-refractivity contribution >= 4 is 17.6 Å². The third-order valence-electron chi connectivity index (χ3n) is 10.7. The number of esters is 1. The minimum Gasteiger partial charge on any atom is -0.508 e. The number of phenols is 1. The predicted molar refractivity (Wildman–Crippen MR) is 151 cm³/mol. The van der Waals surface area contributed by atoms with Gasteiger partial charge in [0.25, 0.3) is 5.91 Å². The van der Waals surface area contributed by atoms with Gasteiger partial charge in [-0.1, -0.05) is 42.8 Å². The van der Waals surface area contributed by atoms with Crippen LogP contribution in [-0.2, 0) is 25.6 Å². The summed E-state index contributed by atoms with van der Waals surface area (Å²) < 4.78 is 4.84. The van der Waals surface area contributed by atoms with Crippen LogP contribution in [0.5, 0.6) is 5.75 Å². The van der Waals surface area contributed by atoms with E-state index in [4.69, 9.17) is 9.57 Å². The molecule has 1 aromatic carbocycles. The van der Waals surface area contributed by atoms with E-state index in [9.17, 15) is 19.8 Å². The van der Waals surface area contributed by atoms with Gasteiger partial charge in [0, 0.05) is 11.8 Å². The number of phenolic OH excluding ortho intramolecular Hbond substituents is 1. The smallest absolute Gasteiger partial charge is 0.328 e. The number of allylic oxidation sites excluding steroid dienone is 4. The van der Waals surface area contributed by atoms with Crippen LogP contribution >= 0.6 is 0 Å². The van der Waals surface area contributed by atoms with E-state index in [0.29, 0.717) is 23.5 Å². The molecule has 8 heteroatoms. The summed E-state index contributed by atoms with van der Waals surface area (Å²) in [6.07, 6.45) is 12.9. The zero-order chi connectivity index (χ0) is 28.7. The maximum absolute atomic E-state index is 12.6. The lowest BCUT2D eigenvalue weighted by Gasteiger charge is -2.58. The van der Waals surface area contributed by atoms with Crippen molar-refractivity contribution in [1.82, 2.24) is 5.32 Å². The van der Waals surface area contributed by atoms with Gasteiger partial charge < -0.3 is 25.1 Å². The number of benzene rings is 1. The highest BCUT2D eigenvalue weighted by Gasteiger charge is 2.62. The summed E-state index contributed by atoms with van der Waals surface area (Å²) in [5.74, 6) is 0.809. The van der Waals surface area contributed by atoms with E-state index in [1.54, 1.807) is 12.1 Å². The van der Waals surface area contributed by atoms with Crippen LogP contribution in [0.1, 0.15) is 64.9 Å². The summed E-state index contributed by atoms with van der Waals surface area (Å²) in [4.78, 5) is 30.2. The summed E-state index contributed by atoms with van der Waals surface area (Å²) in [7, 11) is 1.27. The highest BCUT2D eigenvalue weighted by atomic mass is 16.6. The maximum atomic E-state index is 12.6. The molecular formula is C32H42N2O6. The topological polar surface area (TPSA) is 117 Å². The van der Waals surface area contributed by atoms with E-state index in [1.807, 2.05) is 13.0 Å². The normalized spacial score (nSPS) is 36.1. The summed E-state index contributed by atoms with van der Waals surface area (Å²) in [5.41, 5.74) is 2.20. The van der Waals surface area contributed by atoms with E-state index in [0.717, 1.165) is 44.1 Å². The van der Waals surface area contributed by atoms with Crippen LogP contribution in [0.4, 0.5) is 0 Å². The first-order valence-electron chi connectivity index (χ1n) is 14.4. The van der Waals surface area contributed by atoms with Gasteiger partial charge in [-0.3, -0.25) is 4.79 Å². The van der Waals surface area contributed by atoms with Crippen molar-refractivity contribution in [2.24, 2.45) is 33.7 Å². The van der Waals surface area contributed by atoms with Crippen LogP contribution in [0.15, 0.2) is 53.2 Å². The lowest BCUT2D eigenvalue weighted by Crippen LogP contribution is -2.53. The van der Waals surface area contributed by atoms with E-state index in [-0.39, 0.29) is 29.6 Å². The number of hydrogen-bond donors (Lipinski definition) is 3. The third-order valence-corrected chi connectivity index (χ3v) is 10.7. The molecule has 0 spiro atoms. The number of oxime groups is 1. The second kappa shape index (κ2) is 10.7.